The van der Waals surface area contributed by atoms with E-state index < -0.39 is 61.7 Å². The van der Waals surface area contributed by atoms with E-state index in [0.29, 0.717) is 0 Å². The van der Waals surface area contributed by atoms with Crippen molar-refractivity contribution in [3.05, 3.63) is 0 Å². The molecule has 6 N–H and O–H groups in total. The van der Waals surface area contributed by atoms with E-state index in [2.05, 4.69) is 0 Å². The Morgan fingerprint density at radius 1 is 0.952 bits per heavy atom. The second-order valence-electron chi connectivity index (χ2n) is 5.39. The number of hydrogen-bond donors (Lipinski definition) is 6. The van der Waals surface area contributed by atoms with Crippen molar-refractivity contribution in [1.82, 2.24) is 0 Å². The number of aliphatic hydroxyl groups excluding tert-OH is 6. The highest BCUT2D eigenvalue weighted by Crippen LogP contribution is 2.26. The van der Waals surface area contributed by atoms with Crippen molar-refractivity contribution in [2.75, 3.05) is 13.2 Å². The first-order valence-corrected chi connectivity index (χ1v) is 6.80. The Labute approximate surface area is 121 Å². The number of aliphatic hydroxyl groups is 6. The molecule has 0 aromatic heterocycles. The van der Waals surface area contributed by atoms with Crippen LogP contribution in [0.1, 0.15) is 6.92 Å². The van der Waals surface area contributed by atoms with E-state index >= 15 is 0 Å². The maximum Gasteiger partial charge on any atom is 0.187 e. The van der Waals surface area contributed by atoms with E-state index in [1.165, 1.54) is 6.92 Å². The molecule has 21 heavy (non-hydrogen) atoms. The van der Waals surface area contributed by atoms with Gasteiger partial charge in [-0.25, -0.2) is 0 Å². The molecular formula is C12H22O9. The van der Waals surface area contributed by atoms with E-state index in [9.17, 15) is 25.5 Å². The lowest BCUT2D eigenvalue weighted by molar-refractivity contribution is -0.326. The summed E-state index contributed by atoms with van der Waals surface area (Å²) in [5, 5.41) is 57.7. The minimum atomic E-state index is -1.50. The summed E-state index contributed by atoms with van der Waals surface area (Å²) < 4.78 is 15.7. The minimum Gasteiger partial charge on any atom is -0.394 e. The molecule has 9 nitrogen and oxygen atoms in total. The van der Waals surface area contributed by atoms with Gasteiger partial charge in [0.25, 0.3) is 0 Å². The Morgan fingerprint density at radius 3 is 2.24 bits per heavy atom. The van der Waals surface area contributed by atoms with Crippen molar-refractivity contribution in [3.8, 4) is 0 Å². The summed E-state index contributed by atoms with van der Waals surface area (Å²) in [5.41, 5.74) is 0. The van der Waals surface area contributed by atoms with Gasteiger partial charge in [0.2, 0.25) is 0 Å². The predicted molar refractivity (Wildman–Crippen MR) is 66.1 cm³/mol. The fourth-order valence-corrected chi connectivity index (χ4v) is 2.43. The molecule has 0 spiro atoms. The van der Waals surface area contributed by atoms with Crippen molar-refractivity contribution in [3.63, 3.8) is 0 Å². The molecule has 0 aromatic carbocycles. The lowest BCUT2D eigenvalue weighted by Crippen LogP contribution is -2.61. The Bertz CT molecular complexity index is 341. The smallest absolute Gasteiger partial charge is 0.187 e. The Balaban J connectivity index is 1.98. The fourth-order valence-electron chi connectivity index (χ4n) is 2.43. The molecule has 0 radical (unpaired) electrons. The second kappa shape index (κ2) is 6.82. The lowest BCUT2D eigenvalue weighted by Gasteiger charge is -2.43. The molecule has 0 aliphatic carbocycles. The topological polar surface area (TPSA) is 149 Å². The molecule has 124 valence electrons. The minimum absolute atomic E-state index is 0.122. The molecule has 2 heterocycles. The first-order chi connectivity index (χ1) is 9.86. The molecule has 2 fully saturated rings. The molecule has 0 aromatic rings. The van der Waals surface area contributed by atoms with Crippen molar-refractivity contribution in [2.45, 2.75) is 62.0 Å². The molecule has 0 saturated carbocycles. The largest absolute Gasteiger partial charge is 0.394 e. The third-order valence-corrected chi connectivity index (χ3v) is 3.88. The van der Waals surface area contributed by atoms with Crippen molar-refractivity contribution < 1.29 is 44.8 Å². The van der Waals surface area contributed by atoms with Crippen molar-refractivity contribution in [2.24, 2.45) is 0 Å². The SMILES string of the molecule is C[C@@H]1O[C@@H](O[C@H]2CO[C@H](CO)[C@H](O)[C@@H]2O)[C@@H](O)[C@H](O)[C@@H]1O. The van der Waals surface area contributed by atoms with Gasteiger partial charge in [-0.15, -0.1) is 0 Å². The van der Waals surface area contributed by atoms with Gasteiger partial charge in [-0.2, -0.15) is 0 Å². The molecule has 9 heteroatoms. The highest BCUT2D eigenvalue weighted by Gasteiger charge is 2.46. The first kappa shape index (κ1) is 17.0. The zero-order chi connectivity index (χ0) is 15.7. The van der Waals surface area contributed by atoms with Crippen LogP contribution in [0, 0.1) is 0 Å². The third kappa shape index (κ3) is 3.36. The van der Waals surface area contributed by atoms with Crippen LogP contribution in [0.5, 0.6) is 0 Å². The predicted octanol–water partition coefficient (Wildman–Crippen LogP) is -3.69. The van der Waals surface area contributed by atoms with Gasteiger partial charge in [0.15, 0.2) is 6.29 Å². The summed E-state index contributed by atoms with van der Waals surface area (Å²) in [4.78, 5) is 0. The van der Waals surface area contributed by atoms with Crippen LogP contribution >= 0.6 is 0 Å². The quantitative estimate of drug-likeness (QED) is 0.310. The summed E-state index contributed by atoms with van der Waals surface area (Å²) in [6, 6.07) is 0. The van der Waals surface area contributed by atoms with Gasteiger partial charge >= 0.3 is 0 Å². The van der Waals surface area contributed by atoms with Gasteiger partial charge in [-0.05, 0) is 6.92 Å². The van der Waals surface area contributed by atoms with Crippen LogP contribution in [-0.2, 0) is 14.2 Å². The number of ether oxygens (including phenoxy) is 3. The van der Waals surface area contributed by atoms with E-state index in [0.717, 1.165) is 0 Å². The number of hydrogen-bond acceptors (Lipinski definition) is 9. The molecule has 2 aliphatic rings. The third-order valence-electron chi connectivity index (χ3n) is 3.88. The maximum absolute atomic E-state index is 9.92. The summed E-state index contributed by atoms with van der Waals surface area (Å²) in [5.74, 6) is 0. The van der Waals surface area contributed by atoms with Crippen LogP contribution in [-0.4, -0.2) is 99.0 Å². The van der Waals surface area contributed by atoms with Crippen LogP contribution in [0.4, 0.5) is 0 Å². The van der Waals surface area contributed by atoms with Gasteiger partial charge in [-0.3, -0.25) is 0 Å². The summed E-state index contributed by atoms with van der Waals surface area (Å²) in [6.45, 7) is 0.930. The highest BCUT2D eigenvalue weighted by atomic mass is 16.7. The molecule has 0 amide bonds. The summed E-state index contributed by atoms with van der Waals surface area (Å²) in [6.07, 6.45) is -10.9. The lowest BCUT2D eigenvalue weighted by atomic mass is 9.98. The van der Waals surface area contributed by atoms with E-state index in [4.69, 9.17) is 19.3 Å². The molecule has 2 saturated heterocycles. The molecule has 0 bridgehead atoms. The van der Waals surface area contributed by atoms with E-state index in [1.54, 1.807) is 0 Å². The Hall–Kier alpha value is -0.360. The zero-order valence-electron chi connectivity index (χ0n) is 11.5. The van der Waals surface area contributed by atoms with Crippen LogP contribution in [0.25, 0.3) is 0 Å². The summed E-state index contributed by atoms with van der Waals surface area (Å²) >= 11 is 0. The molecular weight excluding hydrogens is 288 g/mol. The average Bonchev–Trinajstić information content (AvgIpc) is 2.47. The molecule has 0 unspecified atom stereocenters. The van der Waals surface area contributed by atoms with Gasteiger partial charge in [-0.1, -0.05) is 0 Å². The summed E-state index contributed by atoms with van der Waals surface area (Å²) in [7, 11) is 0. The second-order valence-corrected chi connectivity index (χ2v) is 5.39. The normalized spacial score (nSPS) is 51.9. The monoisotopic (exact) mass is 310 g/mol. The van der Waals surface area contributed by atoms with Crippen LogP contribution < -0.4 is 0 Å². The van der Waals surface area contributed by atoms with Crippen molar-refractivity contribution >= 4 is 0 Å². The standard InChI is InChI=1S/C12H22O9/c1-4-7(14)10(17)11(18)12(20-4)21-6-3-19-5(2-13)8(15)9(6)16/h4-18H,2-3H2,1H3/t4-,5+,6-,7+,8-,9+,10+,11-,12-/m0/s1. The Morgan fingerprint density at radius 2 is 1.62 bits per heavy atom. The highest BCUT2D eigenvalue weighted by molar-refractivity contribution is 4.91. The van der Waals surface area contributed by atoms with Crippen molar-refractivity contribution in [1.29, 1.82) is 0 Å². The molecule has 2 aliphatic heterocycles. The Kier molecular flexibility index (Phi) is 5.52. The van der Waals surface area contributed by atoms with Gasteiger partial charge in [0.05, 0.1) is 19.3 Å². The van der Waals surface area contributed by atoms with Gasteiger partial charge < -0.3 is 44.8 Å². The average molecular weight is 310 g/mol. The first-order valence-electron chi connectivity index (χ1n) is 6.80. The van der Waals surface area contributed by atoms with Crippen LogP contribution in [0.3, 0.4) is 0 Å². The maximum atomic E-state index is 9.92. The van der Waals surface area contributed by atoms with E-state index in [1.807, 2.05) is 0 Å². The van der Waals surface area contributed by atoms with Gasteiger partial charge in [0.1, 0.15) is 42.7 Å². The van der Waals surface area contributed by atoms with Gasteiger partial charge in [0, 0.05) is 0 Å². The van der Waals surface area contributed by atoms with Crippen LogP contribution in [0.2, 0.25) is 0 Å². The zero-order valence-corrected chi connectivity index (χ0v) is 11.5. The van der Waals surface area contributed by atoms with E-state index in [-0.39, 0.29) is 6.61 Å². The molecule has 9 atom stereocenters. The van der Waals surface area contributed by atoms with Crippen LogP contribution in [0.15, 0.2) is 0 Å². The fraction of sp³-hybridized carbons (Fsp3) is 1.00. The number of rotatable bonds is 3. The molecule has 2 rings (SSSR count).